The molecule has 2 N–H and O–H groups in total. The minimum Gasteiger partial charge on any atom is -0.492 e. The number of nitrogens with zero attached hydrogens (tertiary/aromatic N) is 2. The summed E-state index contributed by atoms with van der Waals surface area (Å²) < 4.78 is 30.3. The van der Waals surface area contributed by atoms with Crippen LogP contribution in [-0.2, 0) is 10.0 Å². The molecule has 0 radical (unpaired) electrons. The van der Waals surface area contributed by atoms with Gasteiger partial charge in [0.05, 0.1) is 12.8 Å². The van der Waals surface area contributed by atoms with Gasteiger partial charge >= 0.3 is 0 Å². The van der Waals surface area contributed by atoms with Crippen molar-refractivity contribution in [3.63, 3.8) is 0 Å². The number of ether oxygens (including phenoxy) is 1. The Balaban J connectivity index is 1.47. The fourth-order valence-corrected chi connectivity index (χ4v) is 2.99. The highest BCUT2D eigenvalue weighted by atomic mass is 35.5. The van der Waals surface area contributed by atoms with Crippen molar-refractivity contribution in [1.29, 1.82) is 0 Å². The van der Waals surface area contributed by atoms with Gasteiger partial charge in [-0.3, -0.25) is 4.72 Å². The standard InChI is InChI=1S/C16H19ClN4O3S/c1-25(22,23)21-12-4-6-13(7-5-12)24-9-8-18-15-10-14(17)19-16(20-15)11-2-3-11/h4-7,10-11,21H,2-3,8-9H2,1H3,(H,18,19,20). The molecule has 0 amide bonds. The molecular weight excluding hydrogens is 364 g/mol. The van der Waals surface area contributed by atoms with Crippen LogP contribution in [0.1, 0.15) is 24.6 Å². The molecule has 1 aromatic heterocycles. The molecule has 9 heteroatoms. The van der Waals surface area contributed by atoms with Crippen LogP contribution in [0.4, 0.5) is 11.5 Å². The SMILES string of the molecule is CS(=O)(=O)Nc1ccc(OCCNc2cc(Cl)nc(C3CC3)n2)cc1. The molecule has 1 aliphatic carbocycles. The van der Waals surface area contributed by atoms with Gasteiger partial charge in [0.1, 0.15) is 29.2 Å². The highest BCUT2D eigenvalue weighted by Crippen LogP contribution is 2.38. The molecule has 7 nitrogen and oxygen atoms in total. The van der Waals surface area contributed by atoms with Crippen LogP contribution in [0, 0.1) is 0 Å². The Morgan fingerprint density at radius 1 is 1.24 bits per heavy atom. The molecule has 134 valence electrons. The molecule has 0 spiro atoms. The quantitative estimate of drug-likeness (QED) is 0.538. The lowest BCUT2D eigenvalue weighted by atomic mass is 10.3. The first-order chi connectivity index (χ1) is 11.9. The van der Waals surface area contributed by atoms with E-state index in [9.17, 15) is 8.42 Å². The highest BCUT2D eigenvalue weighted by Gasteiger charge is 2.27. The van der Waals surface area contributed by atoms with E-state index in [1.165, 1.54) is 0 Å². The molecule has 1 aliphatic rings. The van der Waals surface area contributed by atoms with Gasteiger partial charge in [-0.25, -0.2) is 18.4 Å². The molecule has 3 rings (SSSR count). The number of anilines is 2. The average Bonchev–Trinajstić information content (AvgIpc) is 3.36. The van der Waals surface area contributed by atoms with Gasteiger partial charge in [-0.15, -0.1) is 0 Å². The van der Waals surface area contributed by atoms with Crippen molar-refractivity contribution in [2.75, 3.05) is 29.4 Å². The fourth-order valence-electron chi connectivity index (χ4n) is 2.23. The molecule has 1 fully saturated rings. The van der Waals surface area contributed by atoms with Gasteiger partial charge in [-0.05, 0) is 37.1 Å². The van der Waals surface area contributed by atoms with Crippen molar-refractivity contribution < 1.29 is 13.2 Å². The lowest BCUT2D eigenvalue weighted by Crippen LogP contribution is -2.13. The van der Waals surface area contributed by atoms with Crippen LogP contribution in [0.15, 0.2) is 30.3 Å². The van der Waals surface area contributed by atoms with Crippen molar-refractivity contribution in [1.82, 2.24) is 9.97 Å². The van der Waals surface area contributed by atoms with E-state index in [0.29, 0.717) is 41.5 Å². The molecule has 2 aromatic rings. The van der Waals surface area contributed by atoms with Gasteiger partial charge in [0, 0.05) is 17.7 Å². The number of nitrogens with one attached hydrogen (secondary N) is 2. The Hall–Kier alpha value is -2.06. The summed E-state index contributed by atoms with van der Waals surface area (Å²) in [6, 6.07) is 8.41. The van der Waals surface area contributed by atoms with E-state index in [1.807, 2.05) is 0 Å². The van der Waals surface area contributed by atoms with E-state index >= 15 is 0 Å². The van der Waals surface area contributed by atoms with Crippen molar-refractivity contribution >= 4 is 33.1 Å². The van der Waals surface area contributed by atoms with Crippen LogP contribution in [0.3, 0.4) is 0 Å². The lowest BCUT2D eigenvalue weighted by Gasteiger charge is -2.10. The van der Waals surface area contributed by atoms with Crippen molar-refractivity contribution in [2.45, 2.75) is 18.8 Å². The fraction of sp³-hybridized carbons (Fsp3) is 0.375. The maximum Gasteiger partial charge on any atom is 0.229 e. The third-order valence-electron chi connectivity index (χ3n) is 3.49. The van der Waals surface area contributed by atoms with Gasteiger partial charge in [-0.1, -0.05) is 11.6 Å². The molecule has 1 heterocycles. The van der Waals surface area contributed by atoms with E-state index < -0.39 is 10.0 Å². The number of hydrogen-bond acceptors (Lipinski definition) is 6. The Morgan fingerprint density at radius 2 is 1.96 bits per heavy atom. The van der Waals surface area contributed by atoms with E-state index in [-0.39, 0.29) is 0 Å². The smallest absolute Gasteiger partial charge is 0.229 e. The molecular formula is C16H19ClN4O3S. The van der Waals surface area contributed by atoms with Crippen LogP contribution in [0.25, 0.3) is 0 Å². The summed E-state index contributed by atoms with van der Waals surface area (Å²) in [5.41, 5.74) is 0.496. The number of benzene rings is 1. The van der Waals surface area contributed by atoms with Gasteiger partial charge < -0.3 is 10.1 Å². The number of rotatable bonds is 8. The molecule has 0 bridgehead atoms. The zero-order valence-corrected chi connectivity index (χ0v) is 15.3. The first-order valence-electron chi connectivity index (χ1n) is 7.88. The maximum absolute atomic E-state index is 11.2. The van der Waals surface area contributed by atoms with Crippen LogP contribution >= 0.6 is 11.6 Å². The summed E-state index contributed by atoms with van der Waals surface area (Å²) in [4.78, 5) is 8.70. The minimum atomic E-state index is -3.27. The number of aromatic nitrogens is 2. The summed E-state index contributed by atoms with van der Waals surface area (Å²) in [7, 11) is -3.27. The average molecular weight is 383 g/mol. The van der Waals surface area contributed by atoms with Crippen LogP contribution in [0.2, 0.25) is 5.15 Å². The molecule has 1 saturated carbocycles. The lowest BCUT2D eigenvalue weighted by molar-refractivity contribution is 0.333. The molecule has 0 unspecified atom stereocenters. The van der Waals surface area contributed by atoms with Gasteiger partial charge in [0.15, 0.2) is 0 Å². The summed E-state index contributed by atoms with van der Waals surface area (Å²) in [5.74, 6) is 2.58. The number of halogens is 1. The second kappa shape index (κ2) is 7.45. The first kappa shape index (κ1) is 17.8. The summed E-state index contributed by atoms with van der Waals surface area (Å²) >= 11 is 6.02. The molecule has 0 aliphatic heterocycles. The first-order valence-corrected chi connectivity index (χ1v) is 10.1. The largest absolute Gasteiger partial charge is 0.492 e. The minimum absolute atomic E-state index is 0.430. The predicted octanol–water partition coefficient (Wildman–Crippen LogP) is 2.87. The summed E-state index contributed by atoms with van der Waals surface area (Å²) in [6.07, 6.45) is 3.34. The number of hydrogen-bond donors (Lipinski definition) is 2. The Morgan fingerprint density at radius 3 is 2.60 bits per heavy atom. The van der Waals surface area contributed by atoms with E-state index in [0.717, 1.165) is 24.9 Å². The second-order valence-electron chi connectivity index (χ2n) is 5.88. The molecule has 1 aromatic carbocycles. The highest BCUT2D eigenvalue weighted by molar-refractivity contribution is 7.92. The van der Waals surface area contributed by atoms with Crippen LogP contribution in [-0.4, -0.2) is 37.8 Å². The van der Waals surface area contributed by atoms with Crippen molar-refractivity contribution in [3.8, 4) is 5.75 Å². The summed E-state index contributed by atoms with van der Waals surface area (Å²) in [5, 5.41) is 3.61. The van der Waals surface area contributed by atoms with Gasteiger partial charge in [0.25, 0.3) is 0 Å². The third kappa shape index (κ3) is 5.75. The monoisotopic (exact) mass is 382 g/mol. The van der Waals surface area contributed by atoms with E-state index in [4.69, 9.17) is 16.3 Å². The van der Waals surface area contributed by atoms with Crippen molar-refractivity contribution in [2.24, 2.45) is 0 Å². The third-order valence-corrected chi connectivity index (χ3v) is 4.29. The topological polar surface area (TPSA) is 93.2 Å². The maximum atomic E-state index is 11.2. The van der Waals surface area contributed by atoms with E-state index in [1.54, 1.807) is 30.3 Å². The second-order valence-corrected chi connectivity index (χ2v) is 8.02. The predicted molar refractivity (Wildman–Crippen MR) is 97.9 cm³/mol. The van der Waals surface area contributed by atoms with E-state index in [2.05, 4.69) is 20.0 Å². The Kier molecular flexibility index (Phi) is 5.29. The molecule has 0 atom stereocenters. The van der Waals surface area contributed by atoms with Gasteiger partial charge in [-0.2, -0.15) is 0 Å². The molecule has 0 saturated heterocycles. The summed E-state index contributed by atoms with van der Waals surface area (Å²) in [6.45, 7) is 0.986. The van der Waals surface area contributed by atoms with Crippen molar-refractivity contribution in [3.05, 3.63) is 41.3 Å². The molecule has 25 heavy (non-hydrogen) atoms. The normalized spacial score (nSPS) is 14.2. The van der Waals surface area contributed by atoms with Crippen LogP contribution < -0.4 is 14.8 Å². The Labute approximate surface area is 151 Å². The van der Waals surface area contributed by atoms with Gasteiger partial charge in [0.2, 0.25) is 10.0 Å². The zero-order valence-electron chi connectivity index (χ0n) is 13.7. The van der Waals surface area contributed by atoms with Crippen LogP contribution in [0.5, 0.6) is 5.75 Å². The Bertz CT molecular complexity index is 839. The number of sulfonamides is 1. The zero-order chi connectivity index (χ0) is 17.9.